The highest BCUT2D eigenvalue weighted by atomic mass is 79.9. The Morgan fingerprint density at radius 3 is 2.60 bits per heavy atom. The van der Waals surface area contributed by atoms with E-state index in [4.69, 9.17) is 0 Å². The van der Waals surface area contributed by atoms with E-state index >= 15 is 0 Å². The molecule has 15 heavy (non-hydrogen) atoms. The summed E-state index contributed by atoms with van der Waals surface area (Å²) in [5.74, 6) is -0.0629. The van der Waals surface area contributed by atoms with Crippen LogP contribution in [0.5, 0.6) is 0 Å². The zero-order valence-electron chi connectivity index (χ0n) is 9.00. The van der Waals surface area contributed by atoms with Crippen LogP contribution in [0.15, 0.2) is 22.0 Å². The number of thiophene rings is 1. The van der Waals surface area contributed by atoms with Crippen molar-refractivity contribution in [2.24, 2.45) is 0 Å². The number of carbonyl (C=O) groups is 1. The standard InChI is InChI=1S/C11H14BrNOS/c1-11(2,3)13-10(14)7-5-8-4-6-9(12)15-8/h4-7H,1-3H3,(H,13,14)/b7-5+. The highest BCUT2D eigenvalue weighted by Gasteiger charge is 2.10. The van der Waals surface area contributed by atoms with Crippen molar-refractivity contribution >= 4 is 39.2 Å². The average Bonchev–Trinajstić information content (AvgIpc) is 2.45. The molecule has 0 bridgehead atoms. The topological polar surface area (TPSA) is 29.1 Å². The smallest absolute Gasteiger partial charge is 0.244 e. The minimum Gasteiger partial charge on any atom is -0.348 e. The van der Waals surface area contributed by atoms with Crippen molar-refractivity contribution in [2.75, 3.05) is 0 Å². The Bertz CT molecular complexity index is 376. The van der Waals surface area contributed by atoms with E-state index in [2.05, 4.69) is 21.2 Å². The monoisotopic (exact) mass is 287 g/mol. The molecule has 0 fully saturated rings. The lowest BCUT2D eigenvalue weighted by Crippen LogP contribution is -2.39. The van der Waals surface area contributed by atoms with Crippen molar-refractivity contribution in [1.29, 1.82) is 0 Å². The summed E-state index contributed by atoms with van der Waals surface area (Å²) in [6, 6.07) is 3.93. The number of amides is 1. The van der Waals surface area contributed by atoms with E-state index in [9.17, 15) is 4.79 Å². The summed E-state index contributed by atoms with van der Waals surface area (Å²) in [5.41, 5.74) is -0.183. The molecular formula is C11H14BrNOS. The van der Waals surface area contributed by atoms with Gasteiger partial charge in [0, 0.05) is 16.5 Å². The first kappa shape index (κ1) is 12.5. The average molecular weight is 288 g/mol. The lowest BCUT2D eigenvalue weighted by molar-refractivity contribution is -0.117. The molecule has 0 aliphatic rings. The molecule has 1 amide bonds. The molecule has 1 N–H and O–H groups in total. The van der Waals surface area contributed by atoms with Crippen LogP contribution >= 0.6 is 27.3 Å². The van der Waals surface area contributed by atoms with Crippen molar-refractivity contribution in [3.63, 3.8) is 0 Å². The van der Waals surface area contributed by atoms with E-state index in [0.717, 1.165) is 8.66 Å². The summed E-state index contributed by atoms with van der Waals surface area (Å²) < 4.78 is 1.07. The molecule has 0 spiro atoms. The maximum absolute atomic E-state index is 11.4. The van der Waals surface area contributed by atoms with Gasteiger partial charge in [-0.2, -0.15) is 0 Å². The van der Waals surface area contributed by atoms with E-state index in [0.29, 0.717) is 0 Å². The number of halogens is 1. The number of carbonyl (C=O) groups excluding carboxylic acids is 1. The Labute approximate surface area is 103 Å². The second kappa shape index (κ2) is 4.94. The third-order valence-corrected chi connectivity index (χ3v) is 3.08. The predicted molar refractivity (Wildman–Crippen MR) is 68.9 cm³/mol. The van der Waals surface area contributed by atoms with Crippen LogP contribution in [0.2, 0.25) is 0 Å². The van der Waals surface area contributed by atoms with Crippen LogP contribution < -0.4 is 5.32 Å². The van der Waals surface area contributed by atoms with Crippen LogP contribution in [0.3, 0.4) is 0 Å². The zero-order chi connectivity index (χ0) is 11.5. The first-order valence-electron chi connectivity index (χ1n) is 4.62. The number of hydrogen-bond donors (Lipinski definition) is 1. The third kappa shape index (κ3) is 5.14. The van der Waals surface area contributed by atoms with Gasteiger partial charge < -0.3 is 5.32 Å². The number of rotatable bonds is 2. The molecule has 0 aliphatic carbocycles. The molecule has 4 heteroatoms. The molecular weight excluding hydrogens is 274 g/mol. The SMILES string of the molecule is CC(C)(C)NC(=O)/C=C/c1ccc(Br)s1. The van der Waals surface area contributed by atoms with Gasteiger partial charge in [0.1, 0.15) is 0 Å². The van der Waals surface area contributed by atoms with Gasteiger partial charge in [0.05, 0.1) is 3.79 Å². The fraction of sp³-hybridized carbons (Fsp3) is 0.364. The molecule has 0 aromatic carbocycles. The Hall–Kier alpha value is -0.610. The lowest BCUT2D eigenvalue weighted by Gasteiger charge is -2.18. The Kier molecular flexibility index (Phi) is 4.11. The van der Waals surface area contributed by atoms with Crippen LogP contribution in [0.4, 0.5) is 0 Å². The molecule has 0 saturated carbocycles. The van der Waals surface area contributed by atoms with Gasteiger partial charge in [-0.05, 0) is 54.9 Å². The first-order valence-corrected chi connectivity index (χ1v) is 6.23. The van der Waals surface area contributed by atoms with Crippen LogP contribution in [-0.2, 0) is 4.79 Å². The van der Waals surface area contributed by atoms with Gasteiger partial charge >= 0.3 is 0 Å². The first-order chi connectivity index (χ1) is 6.87. The molecule has 2 nitrogen and oxygen atoms in total. The summed E-state index contributed by atoms with van der Waals surface area (Å²) in [4.78, 5) is 12.5. The van der Waals surface area contributed by atoms with Gasteiger partial charge in [-0.1, -0.05) is 0 Å². The highest BCUT2D eigenvalue weighted by Crippen LogP contribution is 2.22. The van der Waals surface area contributed by atoms with E-state index in [1.165, 1.54) is 0 Å². The molecule has 0 atom stereocenters. The lowest BCUT2D eigenvalue weighted by atomic mass is 10.1. The summed E-state index contributed by atoms with van der Waals surface area (Å²) in [6.07, 6.45) is 3.38. The van der Waals surface area contributed by atoms with Crippen LogP contribution in [-0.4, -0.2) is 11.4 Å². The Morgan fingerprint density at radius 1 is 1.47 bits per heavy atom. The largest absolute Gasteiger partial charge is 0.348 e. The van der Waals surface area contributed by atoms with E-state index in [-0.39, 0.29) is 11.4 Å². The maximum atomic E-state index is 11.4. The van der Waals surface area contributed by atoms with Crippen LogP contribution in [0.1, 0.15) is 25.6 Å². The second-order valence-electron chi connectivity index (χ2n) is 4.21. The quantitative estimate of drug-likeness (QED) is 0.830. The predicted octanol–water partition coefficient (Wildman–Crippen LogP) is 3.44. The van der Waals surface area contributed by atoms with Gasteiger partial charge in [-0.15, -0.1) is 11.3 Å². The molecule has 0 radical (unpaired) electrons. The molecule has 82 valence electrons. The summed E-state index contributed by atoms with van der Waals surface area (Å²) in [6.45, 7) is 5.88. The van der Waals surface area contributed by atoms with Gasteiger partial charge in [0.2, 0.25) is 5.91 Å². The van der Waals surface area contributed by atoms with Crippen molar-refractivity contribution in [2.45, 2.75) is 26.3 Å². The van der Waals surface area contributed by atoms with Crippen molar-refractivity contribution in [3.05, 3.63) is 26.9 Å². The molecule has 1 heterocycles. The van der Waals surface area contributed by atoms with E-state index in [1.54, 1.807) is 17.4 Å². The van der Waals surface area contributed by atoms with Crippen molar-refractivity contribution in [3.8, 4) is 0 Å². The van der Waals surface area contributed by atoms with Gasteiger partial charge in [0.15, 0.2) is 0 Å². The Balaban J connectivity index is 2.55. The van der Waals surface area contributed by atoms with Gasteiger partial charge in [0.25, 0.3) is 0 Å². The molecule has 0 aliphatic heterocycles. The fourth-order valence-electron chi connectivity index (χ4n) is 0.987. The van der Waals surface area contributed by atoms with Crippen molar-refractivity contribution in [1.82, 2.24) is 5.32 Å². The Morgan fingerprint density at radius 2 is 2.13 bits per heavy atom. The highest BCUT2D eigenvalue weighted by molar-refractivity contribution is 9.11. The molecule has 0 unspecified atom stereocenters. The minimum absolute atomic E-state index is 0.0629. The summed E-state index contributed by atoms with van der Waals surface area (Å²) >= 11 is 4.97. The van der Waals surface area contributed by atoms with E-state index < -0.39 is 0 Å². The molecule has 0 saturated heterocycles. The second-order valence-corrected chi connectivity index (χ2v) is 6.71. The number of nitrogens with one attached hydrogen (secondary N) is 1. The number of hydrogen-bond acceptors (Lipinski definition) is 2. The van der Waals surface area contributed by atoms with Crippen molar-refractivity contribution < 1.29 is 4.79 Å². The molecule has 1 aromatic rings. The third-order valence-electron chi connectivity index (χ3n) is 1.49. The zero-order valence-corrected chi connectivity index (χ0v) is 11.4. The molecule has 1 rings (SSSR count). The maximum Gasteiger partial charge on any atom is 0.244 e. The molecule has 1 aromatic heterocycles. The summed E-state index contributed by atoms with van der Waals surface area (Å²) in [7, 11) is 0. The van der Waals surface area contributed by atoms with Crippen LogP contribution in [0, 0.1) is 0 Å². The summed E-state index contributed by atoms with van der Waals surface area (Å²) in [5, 5.41) is 2.86. The normalized spacial score (nSPS) is 12.0. The van der Waals surface area contributed by atoms with E-state index in [1.807, 2.05) is 39.0 Å². The van der Waals surface area contributed by atoms with Gasteiger partial charge in [-0.25, -0.2) is 0 Å². The minimum atomic E-state index is -0.183. The van der Waals surface area contributed by atoms with Gasteiger partial charge in [-0.3, -0.25) is 4.79 Å². The fourth-order valence-corrected chi connectivity index (χ4v) is 2.31. The van der Waals surface area contributed by atoms with Crippen LogP contribution in [0.25, 0.3) is 6.08 Å².